The Balaban J connectivity index is 2.35. The summed E-state index contributed by atoms with van der Waals surface area (Å²) >= 11 is 0. The minimum Gasteiger partial charge on any atom is -0.275 e. The quantitative estimate of drug-likeness (QED) is 0.307. The smallest absolute Gasteiger partial charge is 0.275 e. The molecule has 3 aromatic rings. The van der Waals surface area contributed by atoms with Crippen molar-refractivity contribution < 1.29 is 26.3 Å². The lowest BCUT2D eigenvalue weighted by Crippen LogP contribution is -2.12. The van der Waals surface area contributed by atoms with Gasteiger partial charge in [-0.3, -0.25) is 4.57 Å². The summed E-state index contributed by atoms with van der Waals surface area (Å²) in [6.45, 7) is 5.50. The standard InChI is InChI=1S/C23H17F6N3/c1-3-5-9-15(4-2)20-30-31-21(32(20)19-10-7-6-8-11-19)16-12-17(22(24,25)26)14-18(13-16)23(27,28)29/h3-14H,2H2,1H3/b5-3-,15-9+. The van der Waals surface area contributed by atoms with Crippen molar-refractivity contribution in [3.8, 4) is 17.1 Å². The second-order valence-electron chi connectivity index (χ2n) is 6.66. The summed E-state index contributed by atoms with van der Waals surface area (Å²) in [7, 11) is 0. The zero-order valence-corrected chi connectivity index (χ0v) is 16.7. The van der Waals surface area contributed by atoms with Crippen LogP contribution in [0, 0.1) is 0 Å². The zero-order chi connectivity index (χ0) is 23.5. The van der Waals surface area contributed by atoms with E-state index in [4.69, 9.17) is 0 Å². The third kappa shape index (κ3) is 4.82. The van der Waals surface area contributed by atoms with Crippen LogP contribution in [-0.4, -0.2) is 14.8 Å². The van der Waals surface area contributed by atoms with E-state index >= 15 is 0 Å². The van der Waals surface area contributed by atoms with Gasteiger partial charge in [0.25, 0.3) is 0 Å². The SMILES string of the molecule is C=C/C(=C\C=C/C)c1nnc(-c2cc(C(F)(F)F)cc(C(F)(F)F)c2)n1-c1ccccc1. The third-order valence-electron chi connectivity index (χ3n) is 4.47. The topological polar surface area (TPSA) is 30.7 Å². The number of alkyl halides is 6. The first-order valence-corrected chi connectivity index (χ1v) is 9.32. The maximum absolute atomic E-state index is 13.4. The Bertz CT molecular complexity index is 1140. The third-order valence-corrected chi connectivity index (χ3v) is 4.47. The van der Waals surface area contributed by atoms with E-state index in [2.05, 4.69) is 16.8 Å². The Hall–Kier alpha value is -3.62. The van der Waals surface area contributed by atoms with Crippen LogP contribution in [-0.2, 0) is 12.4 Å². The Morgan fingerprint density at radius 1 is 0.906 bits per heavy atom. The maximum atomic E-state index is 13.4. The summed E-state index contributed by atoms with van der Waals surface area (Å²) in [4.78, 5) is 0. The normalized spacial score (nSPS) is 13.0. The molecule has 0 aliphatic heterocycles. The van der Waals surface area contributed by atoms with Crippen molar-refractivity contribution in [3.63, 3.8) is 0 Å². The van der Waals surface area contributed by atoms with Crippen LogP contribution in [0.5, 0.6) is 0 Å². The molecule has 0 aliphatic rings. The molecule has 0 saturated heterocycles. The van der Waals surface area contributed by atoms with Gasteiger partial charge in [0.05, 0.1) is 11.1 Å². The highest BCUT2D eigenvalue weighted by Crippen LogP contribution is 2.39. The molecule has 1 aromatic heterocycles. The molecule has 166 valence electrons. The summed E-state index contributed by atoms with van der Waals surface area (Å²) < 4.78 is 81.6. The van der Waals surface area contributed by atoms with Gasteiger partial charge in [-0.1, -0.05) is 49.1 Å². The number of allylic oxidation sites excluding steroid dienone is 5. The summed E-state index contributed by atoms with van der Waals surface area (Å²) in [6, 6.07) is 9.71. The van der Waals surface area contributed by atoms with Gasteiger partial charge < -0.3 is 0 Å². The molecule has 0 atom stereocenters. The fourth-order valence-electron chi connectivity index (χ4n) is 3.00. The number of aromatic nitrogens is 3. The first-order chi connectivity index (χ1) is 15.1. The van der Waals surface area contributed by atoms with Crippen molar-refractivity contribution in [2.45, 2.75) is 19.3 Å². The lowest BCUT2D eigenvalue weighted by molar-refractivity contribution is -0.143. The maximum Gasteiger partial charge on any atom is 0.416 e. The average molecular weight is 449 g/mol. The van der Waals surface area contributed by atoms with Crippen molar-refractivity contribution in [1.29, 1.82) is 0 Å². The van der Waals surface area contributed by atoms with Crippen LogP contribution in [0.3, 0.4) is 0 Å². The summed E-state index contributed by atoms with van der Waals surface area (Å²) in [5.41, 5.74) is -2.29. The first-order valence-electron chi connectivity index (χ1n) is 9.32. The van der Waals surface area contributed by atoms with Gasteiger partial charge in [0, 0.05) is 16.8 Å². The van der Waals surface area contributed by atoms with Crippen molar-refractivity contribution in [2.24, 2.45) is 0 Å². The minimum absolute atomic E-state index is 0.0781. The molecule has 3 nitrogen and oxygen atoms in total. The van der Waals surface area contributed by atoms with Gasteiger partial charge in [0.1, 0.15) is 0 Å². The highest BCUT2D eigenvalue weighted by molar-refractivity contribution is 5.74. The van der Waals surface area contributed by atoms with E-state index in [1.165, 1.54) is 10.6 Å². The highest BCUT2D eigenvalue weighted by Gasteiger charge is 2.37. The predicted octanol–water partition coefficient (Wildman–Crippen LogP) is 7.12. The van der Waals surface area contributed by atoms with E-state index in [1.54, 1.807) is 55.5 Å². The largest absolute Gasteiger partial charge is 0.416 e. The molecule has 9 heteroatoms. The fourth-order valence-corrected chi connectivity index (χ4v) is 3.00. The van der Waals surface area contributed by atoms with Crippen molar-refractivity contribution in [2.75, 3.05) is 0 Å². The van der Waals surface area contributed by atoms with Crippen molar-refractivity contribution >= 4 is 5.57 Å². The van der Waals surface area contributed by atoms with Crippen LogP contribution >= 0.6 is 0 Å². The predicted molar refractivity (Wildman–Crippen MR) is 110 cm³/mol. The average Bonchev–Trinajstić information content (AvgIpc) is 3.18. The summed E-state index contributed by atoms with van der Waals surface area (Å²) in [5, 5.41) is 8.01. The van der Waals surface area contributed by atoms with E-state index in [-0.39, 0.29) is 23.3 Å². The molecule has 0 aliphatic carbocycles. The van der Waals surface area contributed by atoms with Crippen molar-refractivity contribution in [3.05, 3.63) is 96.4 Å². The van der Waals surface area contributed by atoms with E-state index in [9.17, 15) is 26.3 Å². The van der Waals surface area contributed by atoms with Crippen LogP contribution in [0.15, 0.2) is 79.4 Å². The zero-order valence-electron chi connectivity index (χ0n) is 16.7. The first kappa shape index (κ1) is 23.1. The van der Waals surface area contributed by atoms with Crippen LogP contribution < -0.4 is 0 Å². The van der Waals surface area contributed by atoms with E-state index in [0.29, 0.717) is 23.4 Å². The number of hydrogen-bond acceptors (Lipinski definition) is 2. The van der Waals surface area contributed by atoms with Gasteiger partial charge in [-0.25, -0.2) is 0 Å². The molecule has 0 radical (unpaired) electrons. The second kappa shape index (κ2) is 8.86. The van der Waals surface area contributed by atoms with Gasteiger partial charge in [-0.15, -0.1) is 10.2 Å². The molecule has 32 heavy (non-hydrogen) atoms. The number of hydrogen-bond donors (Lipinski definition) is 0. The van der Waals surface area contributed by atoms with Crippen LogP contribution in [0.25, 0.3) is 22.6 Å². The molecule has 0 amide bonds. The van der Waals surface area contributed by atoms with Gasteiger partial charge in [0.2, 0.25) is 0 Å². The van der Waals surface area contributed by atoms with E-state index in [1.807, 2.05) is 0 Å². The Morgan fingerprint density at radius 2 is 1.50 bits per heavy atom. The second-order valence-corrected chi connectivity index (χ2v) is 6.66. The van der Waals surface area contributed by atoms with E-state index < -0.39 is 23.5 Å². The molecule has 0 fully saturated rings. The van der Waals surface area contributed by atoms with Gasteiger partial charge in [-0.05, 0) is 37.3 Å². The molecule has 0 spiro atoms. The molecule has 0 bridgehead atoms. The summed E-state index contributed by atoms with van der Waals surface area (Å²) in [6.07, 6.45) is -3.38. The molecule has 2 aromatic carbocycles. The number of nitrogens with zero attached hydrogens (tertiary/aromatic N) is 3. The minimum atomic E-state index is -4.98. The van der Waals surface area contributed by atoms with Crippen LogP contribution in [0.2, 0.25) is 0 Å². The lowest BCUT2D eigenvalue weighted by Gasteiger charge is -2.15. The van der Waals surface area contributed by atoms with Gasteiger partial charge in [0.15, 0.2) is 11.6 Å². The molecule has 3 rings (SSSR count). The monoisotopic (exact) mass is 449 g/mol. The van der Waals surface area contributed by atoms with Gasteiger partial charge >= 0.3 is 12.4 Å². The Kier molecular flexibility index (Phi) is 6.38. The number of rotatable bonds is 5. The van der Waals surface area contributed by atoms with E-state index in [0.717, 1.165) is 0 Å². The number of para-hydroxylation sites is 1. The summed E-state index contributed by atoms with van der Waals surface area (Å²) in [5.74, 6) is 0.0429. The Labute approximate surface area is 180 Å². The Morgan fingerprint density at radius 3 is 2.00 bits per heavy atom. The van der Waals surface area contributed by atoms with Crippen molar-refractivity contribution in [1.82, 2.24) is 14.8 Å². The van der Waals surface area contributed by atoms with Gasteiger partial charge in [-0.2, -0.15) is 26.3 Å². The molecule has 0 unspecified atom stereocenters. The molecule has 0 N–H and O–H groups in total. The highest BCUT2D eigenvalue weighted by atomic mass is 19.4. The molecule has 0 saturated carbocycles. The molecule has 1 heterocycles. The molecular weight excluding hydrogens is 432 g/mol. The number of halogens is 6. The van der Waals surface area contributed by atoms with Crippen LogP contribution in [0.1, 0.15) is 23.9 Å². The number of benzene rings is 2. The molecular formula is C23H17F6N3. The van der Waals surface area contributed by atoms with Crippen LogP contribution in [0.4, 0.5) is 26.3 Å². The fraction of sp³-hybridized carbons (Fsp3) is 0.130. The lowest BCUT2D eigenvalue weighted by atomic mass is 10.0.